The summed E-state index contributed by atoms with van der Waals surface area (Å²) in [5.74, 6) is 1.33. The van der Waals surface area contributed by atoms with Gasteiger partial charge >= 0.3 is 0 Å². The minimum absolute atomic E-state index is 0.167. The smallest absolute Gasteiger partial charge is 0.272 e. The summed E-state index contributed by atoms with van der Waals surface area (Å²) in [4.78, 5) is 45.0. The van der Waals surface area contributed by atoms with E-state index in [9.17, 15) is 14.4 Å². The van der Waals surface area contributed by atoms with Gasteiger partial charge in [0.25, 0.3) is 17.7 Å². The Morgan fingerprint density at radius 3 is 2.02 bits per heavy atom. The maximum atomic E-state index is 12.8. The Labute approximate surface area is 244 Å². The molecular weight excluding hydrogens is 536 g/mol. The third kappa shape index (κ3) is 7.15. The number of hydrogen-bond acceptors (Lipinski definition) is 8. The van der Waals surface area contributed by atoms with Gasteiger partial charge in [-0.1, -0.05) is 18.9 Å². The number of rotatable bonds is 8. The fourth-order valence-corrected chi connectivity index (χ4v) is 4.77. The fourth-order valence-electron chi connectivity index (χ4n) is 4.77. The van der Waals surface area contributed by atoms with Gasteiger partial charge in [-0.15, -0.1) is 0 Å². The van der Waals surface area contributed by atoms with Gasteiger partial charge < -0.3 is 31.2 Å². The summed E-state index contributed by atoms with van der Waals surface area (Å²) >= 11 is 0. The molecular formula is C31H36N6O5. The van der Waals surface area contributed by atoms with Crippen LogP contribution in [0.5, 0.6) is 11.5 Å². The number of carbonyl (C=O) groups is 3. The Kier molecular flexibility index (Phi) is 9.48. The molecule has 11 nitrogen and oxygen atoms in total. The van der Waals surface area contributed by atoms with Crippen LogP contribution >= 0.6 is 0 Å². The van der Waals surface area contributed by atoms with E-state index in [4.69, 9.17) is 15.2 Å². The number of hydrogen-bond donors (Lipinski definition) is 4. The van der Waals surface area contributed by atoms with E-state index < -0.39 is 0 Å². The highest BCUT2D eigenvalue weighted by Crippen LogP contribution is 2.34. The Hall–Kier alpha value is -4.67. The normalized spacial score (nSPS) is 15.6. The molecule has 0 radical (unpaired) electrons. The van der Waals surface area contributed by atoms with Crippen LogP contribution in [0.25, 0.3) is 0 Å². The van der Waals surface area contributed by atoms with Crippen LogP contribution < -0.4 is 31.2 Å². The zero-order chi connectivity index (χ0) is 29.3. The van der Waals surface area contributed by atoms with Crippen molar-refractivity contribution in [3.8, 4) is 11.5 Å². The number of anilines is 2. The first-order valence-electron chi connectivity index (χ1n) is 14.4. The molecule has 0 bridgehead atoms. The van der Waals surface area contributed by atoms with Gasteiger partial charge in [0.2, 0.25) is 0 Å². The van der Waals surface area contributed by atoms with E-state index in [0.29, 0.717) is 65.7 Å². The van der Waals surface area contributed by atoms with Crippen molar-refractivity contribution in [2.45, 2.75) is 38.5 Å². The van der Waals surface area contributed by atoms with Crippen LogP contribution in [0.2, 0.25) is 0 Å². The molecule has 2 saturated carbocycles. The van der Waals surface area contributed by atoms with Crippen molar-refractivity contribution in [2.24, 2.45) is 11.8 Å². The molecule has 0 saturated heterocycles. The van der Waals surface area contributed by atoms with Crippen molar-refractivity contribution in [2.75, 3.05) is 37.4 Å². The molecule has 0 unspecified atom stereocenters. The Morgan fingerprint density at radius 1 is 0.762 bits per heavy atom. The number of amides is 3. The van der Waals surface area contributed by atoms with E-state index in [1.807, 2.05) is 0 Å². The standard InChI is InChI=1S/C20H21N3O4.C11H15N3O/c24-19(14-6-2-8-16-18(14)27-11-10-26-16)23-15-7-3-9-21-17(15)20(25)22-12-13-4-1-5-13;12-9-5-2-6-13-10(9)11(15)14-7-8-3-1-4-8/h2-3,6-9,13H,1,4-5,10-12H2,(H,22,25)(H,23,24);2,5-6,8H,1,3-4,7,12H2,(H,14,15). The number of para-hydroxylation sites is 1. The average Bonchev–Trinajstić information content (AvgIpc) is 2.96. The zero-order valence-electron chi connectivity index (χ0n) is 23.4. The van der Waals surface area contributed by atoms with Crippen LogP contribution in [0.1, 0.15) is 69.9 Å². The molecule has 0 spiro atoms. The van der Waals surface area contributed by atoms with Crippen molar-refractivity contribution < 1.29 is 23.9 Å². The van der Waals surface area contributed by atoms with Crippen LogP contribution in [0.15, 0.2) is 54.9 Å². The lowest BCUT2D eigenvalue weighted by atomic mass is 9.85. The Morgan fingerprint density at radius 2 is 1.38 bits per heavy atom. The molecule has 1 aromatic carbocycles. The Balaban J connectivity index is 0.000000199. The van der Waals surface area contributed by atoms with Crippen molar-refractivity contribution in [3.63, 3.8) is 0 Å². The predicted octanol–water partition coefficient (Wildman–Crippen LogP) is 3.83. The minimum Gasteiger partial charge on any atom is -0.486 e. The first-order valence-corrected chi connectivity index (χ1v) is 14.4. The molecule has 1 aliphatic heterocycles. The van der Waals surface area contributed by atoms with E-state index in [2.05, 4.69) is 25.9 Å². The number of carbonyl (C=O) groups excluding carboxylic acids is 3. The average molecular weight is 573 g/mol. The molecule has 0 atom stereocenters. The summed E-state index contributed by atoms with van der Waals surface area (Å²) < 4.78 is 11.1. The molecule has 42 heavy (non-hydrogen) atoms. The minimum atomic E-state index is -0.376. The molecule has 2 aliphatic carbocycles. The largest absolute Gasteiger partial charge is 0.486 e. The van der Waals surface area contributed by atoms with E-state index in [0.717, 1.165) is 19.4 Å². The number of benzene rings is 1. The predicted molar refractivity (Wildman–Crippen MR) is 158 cm³/mol. The number of nitrogens with two attached hydrogens (primary N) is 1. The maximum absolute atomic E-state index is 12.8. The molecule has 2 aromatic heterocycles. The van der Waals surface area contributed by atoms with E-state index in [1.165, 1.54) is 31.9 Å². The van der Waals surface area contributed by atoms with Gasteiger partial charge in [0, 0.05) is 25.5 Å². The van der Waals surface area contributed by atoms with Gasteiger partial charge in [-0.2, -0.15) is 0 Å². The molecule has 2 fully saturated rings. The second kappa shape index (κ2) is 13.8. The monoisotopic (exact) mass is 572 g/mol. The molecule has 6 rings (SSSR count). The highest BCUT2D eigenvalue weighted by molar-refractivity contribution is 6.10. The summed E-state index contributed by atoms with van der Waals surface area (Å²) in [6, 6.07) is 11.9. The highest BCUT2D eigenvalue weighted by atomic mass is 16.6. The van der Waals surface area contributed by atoms with Crippen LogP contribution in [0.3, 0.4) is 0 Å². The number of nitrogen functional groups attached to an aromatic ring is 1. The summed E-state index contributed by atoms with van der Waals surface area (Å²) in [5.41, 5.74) is 7.34. The number of nitrogens with one attached hydrogen (secondary N) is 3. The molecule has 3 heterocycles. The molecule has 5 N–H and O–H groups in total. The van der Waals surface area contributed by atoms with Crippen molar-refractivity contribution in [1.82, 2.24) is 20.6 Å². The van der Waals surface area contributed by atoms with Crippen LogP contribution in [-0.4, -0.2) is 54.0 Å². The lowest BCUT2D eigenvalue weighted by Crippen LogP contribution is -2.33. The second-order valence-electron chi connectivity index (χ2n) is 10.6. The molecule has 220 valence electrons. The highest BCUT2D eigenvalue weighted by Gasteiger charge is 2.24. The van der Waals surface area contributed by atoms with Crippen molar-refractivity contribution in [3.05, 3.63) is 71.8 Å². The fraction of sp³-hybridized carbons (Fsp3) is 0.387. The lowest BCUT2D eigenvalue weighted by molar-refractivity contribution is 0.0926. The molecule has 11 heteroatoms. The number of ether oxygens (including phenoxy) is 2. The maximum Gasteiger partial charge on any atom is 0.272 e. The van der Waals surface area contributed by atoms with Gasteiger partial charge in [0.1, 0.15) is 13.2 Å². The number of nitrogens with zero attached hydrogens (tertiary/aromatic N) is 2. The SMILES string of the molecule is Nc1cccnc1C(=O)NCC1CCC1.O=C(Nc1cccnc1C(=O)NCC1CCC1)c1cccc2c1OCCO2. The van der Waals surface area contributed by atoms with E-state index >= 15 is 0 Å². The zero-order valence-corrected chi connectivity index (χ0v) is 23.4. The molecule has 3 aliphatic rings. The van der Waals surface area contributed by atoms with Crippen LogP contribution in [-0.2, 0) is 0 Å². The van der Waals surface area contributed by atoms with Gasteiger partial charge in [0.05, 0.1) is 16.9 Å². The summed E-state index contributed by atoms with van der Waals surface area (Å²) in [7, 11) is 0. The topological polar surface area (TPSA) is 158 Å². The number of fused-ring (bicyclic) bond motifs is 1. The lowest BCUT2D eigenvalue weighted by Gasteiger charge is -2.25. The first kappa shape index (κ1) is 28.8. The Bertz CT molecular complexity index is 1420. The summed E-state index contributed by atoms with van der Waals surface area (Å²) in [5, 5.41) is 8.54. The number of aromatic nitrogens is 2. The van der Waals surface area contributed by atoms with E-state index in [-0.39, 0.29) is 23.4 Å². The summed E-state index contributed by atoms with van der Waals surface area (Å²) in [6.07, 6.45) is 10.4. The van der Waals surface area contributed by atoms with E-state index in [1.54, 1.807) is 48.7 Å². The van der Waals surface area contributed by atoms with Crippen molar-refractivity contribution in [1.29, 1.82) is 0 Å². The summed E-state index contributed by atoms with van der Waals surface area (Å²) in [6.45, 7) is 2.22. The van der Waals surface area contributed by atoms with Crippen LogP contribution in [0.4, 0.5) is 11.4 Å². The third-order valence-corrected chi connectivity index (χ3v) is 7.69. The molecule has 3 amide bonds. The quantitative estimate of drug-likeness (QED) is 0.317. The first-order chi connectivity index (χ1) is 20.5. The van der Waals surface area contributed by atoms with Gasteiger partial charge in [0.15, 0.2) is 22.9 Å². The van der Waals surface area contributed by atoms with Crippen LogP contribution in [0, 0.1) is 11.8 Å². The van der Waals surface area contributed by atoms with Gasteiger partial charge in [-0.25, -0.2) is 9.97 Å². The van der Waals surface area contributed by atoms with Crippen molar-refractivity contribution >= 4 is 29.1 Å². The van der Waals surface area contributed by atoms with Gasteiger partial charge in [-0.05, 0) is 73.9 Å². The third-order valence-electron chi connectivity index (χ3n) is 7.69. The molecule has 3 aromatic rings. The van der Waals surface area contributed by atoms with Gasteiger partial charge in [-0.3, -0.25) is 14.4 Å². The number of pyridine rings is 2. The second-order valence-corrected chi connectivity index (χ2v) is 10.6.